The fraction of sp³-hybridized carbons (Fsp3) is 0.533. The highest BCUT2D eigenvalue weighted by molar-refractivity contribution is 5.86. The fourth-order valence-corrected chi connectivity index (χ4v) is 3.64. The molecule has 0 saturated heterocycles. The Morgan fingerprint density at radius 2 is 2.05 bits per heavy atom. The summed E-state index contributed by atoms with van der Waals surface area (Å²) in [5.74, 6) is -2.01. The minimum absolute atomic E-state index is 0.00313. The van der Waals surface area contributed by atoms with E-state index in [9.17, 15) is 14.7 Å². The number of hydrogen-bond acceptors (Lipinski definition) is 3. The Bertz CT molecular complexity index is 620. The number of hydrogen-bond donors (Lipinski definition) is 2. The van der Waals surface area contributed by atoms with Gasteiger partial charge >= 0.3 is 5.97 Å². The summed E-state index contributed by atoms with van der Waals surface area (Å²) >= 11 is 0. The predicted octanol–water partition coefficient (Wildman–Crippen LogP) is 0.868. The second-order valence-corrected chi connectivity index (χ2v) is 5.97. The van der Waals surface area contributed by atoms with Gasteiger partial charge in [0.15, 0.2) is 0 Å². The molecule has 1 aromatic heterocycles. The van der Waals surface area contributed by atoms with Gasteiger partial charge in [0, 0.05) is 25.4 Å². The van der Waals surface area contributed by atoms with Crippen LogP contribution in [-0.2, 0) is 23.2 Å². The number of aryl methyl sites for hydroxylation is 2. The van der Waals surface area contributed by atoms with Crippen LogP contribution in [0.4, 0.5) is 0 Å². The standard InChI is InChI=1S/C15H19N3O3/c1-8-11(7-18(2)17-8)6-16-14(19)12-9-3-4-10(5-9)13(12)15(20)21/h3-4,7,9-10,12-13H,5-6H2,1-2H3,(H,16,19)(H,20,21)/t9?,10?,12-,13+/m0/s1. The first-order chi connectivity index (χ1) is 9.97. The van der Waals surface area contributed by atoms with Gasteiger partial charge in [0.2, 0.25) is 5.91 Å². The number of aliphatic carboxylic acids is 1. The summed E-state index contributed by atoms with van der Waals surface area (Å²) < 4.78 is 1.71. The summed E-state index contributed by atoms with van der Waals surface area (Å²) in [6.07, 6.45) is 6.58. The van der Waals surface area contributed by atoms with Crippen LogP contribution in [0.3, 0.4) is 0 Å². The van der Waals surface area contributed by atoms with Gasteiger partial charge in [-0.15, -0.1) is 0 Å². The molecule has 2 aliphatic carbocycles. The Kier molecular flexibility index (Phi) is 3.31. The van der Waals surface area contributed by atoms with Crippen LogP contribution in [0.1, 0.15) is 17.7 Å². The van der Waals surface area contributed by atoms with Gasteiger partial charge in [-0.3, -0.25) is 14.3 Å². The molecule has 0 spiro atoms. The maximum Gasteiger partial charge on any atom is 0.307 e. The van der Waals surface area contributed by atoms with Gasteiger partial charge in [-0.2, -0.15) is 5.10 Å². The van der Waals surface area contributed by atoms with Crippen LogP contribution in [0.2, 0.25) is 0 Å². The summed E-state index contributed by atoms with van der Waals surface area (Å²) in [5.41, 5.74) is 1.83. The van der Waals surface area contributed by atoms with E-state index in [1.54, 1.807) is 4.68 Å². The number of amides is 1. The second kappa shape index (κ2) is 5.02. The SMILES string of the molecule is Cc1nn(C)cc1CNC(=O)[C@H]1C2C=CC(C2)[C@H]1C(=O)O. The van der Waals surface area contributed by atoms with Gasteiger partial charge in [0.05, 0.1) is 17.5 Å². The van der Waals surface area contributed by atoms with Crippen molar-refractivity contribution in [1.82, 2.24) is 15.1 Å². The molecular formula is C15H19N3O3. The molecule has 2 unspecified atom stereocenters. The molecule has 1 saturated carbocycles. The highest BCUT2D eigenvalue weighted by Crippen LogP contribution is 2.48. The number of aromatic nitrogens is 2. The van der Waals surface area contributed by atoms with Gasteiger partial charge in [0.25, 0.3) is 0 Å². The summed E-state index contributed by atoms with van der Waals surface area (Å²) in [6.45, 7) is 2.28. The third kappa shape index (κ3) is 2.34. The lowest BCUT2D eigenvalue weighted by Crippen LogP contribution is -2.39. The van der Waals surface area contributed by atoms with Gasteiger partial charge in [-0.1, -0.05) is 12.2 Å². The molecule has 2 aliphatic rings. The summed E-state index contributed by atoms with van der Waals surface area (Å²) in [5, 5.41) is 16.5. The van der Waals surface area contributed by atoms with E-state index in [1.807, 2.05) is 32.3 Å². The number of rotatable bonds is 4. The summed E-state index contributed by atoms with van der Waals surface area (Å²) in [7, 11) is 1.83. The van der Waals surface area contributed by atoms with E-state index in [0.717, 1.165) is 17.7 Å². The average molecular weight is 289 g/mol. The quantitative estimate of drug-likeness (QED) is 0.805. The van der Waals surface area contributed by atoms with Crippen LogP contribution in [-0.4, -0.2) is 26.8 Å². The van der Waals surface area contributed by atoms with Gasteiger partial charge < -0.3 is 10.4 Å². The van der Waals surface area contributed by atoms with E-state index in [-0.39, 0.29) is 17.7 Å². The van der Waals surface area contributed by atoms with Crippen LogP contribution < -0.4 is 5.32 Å². The third-order valence-corrected chi connectivity index (χ3v) is 4.62. The molecule has 4 atom stereocenters. The largest absolute Gasteiger partial charge is 0.481 e. The van der Waals surface area contributed by atoms with E-state index < -0.39 is 17.8 Å². The van der Waals surface area contributed by atoms with Crippen LogP contribution in [0.5, 0.6) is 0 Å². The molecule has 0 aromatic carbocycles. The maximum atomic E-state index is 12.4. The van der Waals surface area contributed by atoms with E-state index >= 15 is 0 Å². The van der Waals surface area contributed by atoms with Crippen molar-refractivity contribution in [2.45, 2.75) is 19.9 Å². The van der Waals surface area contributed by atoms with Crippen molar-refractivity contribution in [3.63, 3.8) is 0 Å². The molecule has 6 nitrogen and oxygen atoms in total. The number of carboxylic acids is 1. The lowest BCUT2D eigenvalue weighted by molar-refractivity contribution is -0.147. The first kappa shape index (κ1) is 13.9. The molecule has 2 N–H and O–H groups in total. The average Bonchev–Trinajstić information content (AvgIpc) is 3.09. The van der Waals surface area contributed by atoms with Crippen LogP contribution in [0.25, 0.3) is 0 Å². The molecule has 21 heavy (non-hydrogen) atoms. The van der Waals surface area contributed by atoms with Crippen LogP contribution in [0, 0.1) is 30.6 Å². The zero-order valence-corrected chi connectivity index (χ0v) is 12.1. The zero-order valence-electron chi connectivity index (χ0n) is 12.1. The smallest absolute Gasteiger partial charge is 0.307 e. The molecule has 6 heteroatoms. The molecule has 1 heterocycles. The van der Waals surface area contributed by atoms with E-state index in [1.165, 1.54) is 0 Å². The molecule has 0 aliphatic heterocycles. The van der Waals surface area contributed by atoms with Crippen molar-refractivity contribution >= 4 is 11.9 Å². The van der Waals surface area contributed by atoms with Crippen molar-refractivity contribution in [2.24, 2.45) is 30.7 Å². The van der Waals surface area contributed by atoms with Crippen molar-refractivity contribution in [3.8, 4) is 0 Å². The molecule has 2 bridgehead atoms. The summed E-state index contributed by atoms with van der Waals surface area (Å²) in [6, 6.07) is 0. The topological polar surface area (TPSA) is 84.2 Å². The highest BCUT2D eigenvalue weighted by Gasteiger charge is 2.51. The van der Waals surface area contributed by atoms with Crippen molar-refractivity contribution in [1.29, 1.82) is 0 Å². The van der Waals surface area contributed by atoms with E-state index in [2.05, 4.69) is 10.4 Å². The molecule has 112 valence electrons. The lowest BCUT2D eigenvalue weighted by Gasteiger charge is -2.23. The normalized spacial score (nSPS) is 29.8. The Labute approximate surface area is 122 Å². The van der Waals surface area contributed by atoms with E-state index in [0.29, 0.717) is 6.54 Å². The van der Waals surface area contributed by atoms with Gasteiger partial charge in [0.1, 0.15) is 0 Å². The van der Waals surface area contributed by atoms with Crippen LogP contribution >= 0.6 is 0 Å². The first-order valence-electron chi connectivity index (χ1n) is 7.15. The number of carboxylic acid groups (broad SMARTS) is 1. The monoisotopic (exact) mass is 289 g/mol. The Hall–Kier alpha value is -2.11. The number of carbonyl (C=O) groups excluding carboxylic acids is 1. The Morgan fingerprint density at radius 3 is 2.62 bits per heavy atom. The number of nitrogens with one attached hydrogen (secondary N) is 1. The number of allylic oxidation sites excluding steroid dienone is 2. The Balaban J connectivity index is 1.69. The third-order valence-electron chi connectivity index (χ3n) is 4.62. The molecule has 1 amide bonds. The van der Waals surface area contributed by atoms with Crippen molar-refractivity contribution in [3.05, 3.63) is 29.6 Å². The number of nitrogens with zero attached hydrogens (tertiary/aromatic N) is 2. The number of carbonyl (C=O) groups is 2. The minimum atomic E-state index is -0.871. The molecule has 1 aromatic rings. The maximum absolute atomic E-state index is 12.4. The number of fused-ring (bicyclic) bond motifs is 2. The Morgan fingerprint density at radius 1 is 1.38 bits per heavy atom. The molecule has 1 fully saturated rings. The first-order valence-corrected chi connectivity index (χ1v) is 7.15. The minimum Gasteiger partial charge on any atom is -0.481 e. The highest BCUT2D eigenvalue weighted by atomic mass is 16.4. The molecule has 3 rings (SSSR count). The molecular weight excluding hydrogens is 270 g/mol. The predicted molar refractivity (Wildman–Crippen MR) is 75.1 cm³/mol. The van der Waals surface area contributed by atoms with Crippen molar-refractivity contribution < 1.29 is 14.7 Å². The van der Waals surface area contributed by atoms with Gasteiger partial charge in [-0.05, 0) is 25.2 Å². The van der Waals surface area contributed by atoms with Crippen LogP contribution in [0.15, 0.2) is 18.3 Å². The zero-order chi connectivity index (χ0) is 15.1. The summed E-state index contributed by atoms with van der Waals surface area (Å²) in [4.78, 5) is 23.8. The second-order valence-electron chi connectivity index (χ2n) is 5.97. The lowest BCUT2D eigenvalue weighted by atomic mass is 9.82. The van der Waals surface area contributed by atoms with E-state index in [4.69, 9.17) is 0 Å². The molecule has 0 radical (unpaired) electrons. The van der Waals surface area contributed by atoms with Gasteiger partial charge in [-0.25, -0.2) is 0 Å². The fourth-order valence-electron chi connectivity index (χ4n) is 3.64. The van der Waals surface area contributed by atoms with Crippen molar-refractivity contribution in [2.75, 3.05) is 0 Å².